The molecular weight excluding hydrogens is 290 g/mol. The van der Waals surface area contributed by atoms with Crippen LogP contribution in [-0.2, 0) is 4.79 Å². The first-order valence-electron chi connectivity index (χ1n) is 8.29. The molecule has 2 rings (SSSR count). The number of carbonyl (C=O) groups excluding carboxylic acids is 2. The van der Waals surface area contributed by atoms with Gasteiger partial charge in [0.05, 0.1) is 0 Å². The van der Waals surface area contributed by atoms with Gasteiger partial charge in [-0.25, -0.2) is 0 Å². The third-order valence-corrected chi connectivity index (χ3v) is 4.45. The minimum atomic E-state index is -0.0669. The van der Waals surface area contributed by atoms with Crippen LogP contribution in [0.2, 0.25) is 0 Å². The summed E-state index contributed by atoms with van der Waals surface area (Å²) < 4.78 is 0. The Labute approximate surface area is 138 Å². The van der Waals surface area contributed by atoms with E-state index in [2.05, 4.69) is 17.6 Å². The Balaban J connectivity index is 1.92. The van der Waals surface area contributed by atoms with Crippen molar-refractivity contribution in [1.82, 2.24) is 10.2 Å². The monoisotopic (exact) mass is 317 g/mol. The molecule has 23 heavy (non-hydrogen) atoms. The van der Waals surface area contributed by atoms with Crippen molar-refractivity contribution in [2.75, 3.05) is 32.5 Å². The van der Waals surface area contributed by atoms with Crippen molar-refractivity contribution < 1.29 is 9.59 Å². The standard InChI is InChI=1S/C18H27N3O2/c1-13(15-7-5-9-19-12-15)10-17(22)20-16-8-4-6-14(11-16)18(23)21(2)3/h4,6,8,11,13,15,19H,5,7,9-10,12H2,1-3H3,(H,20,22). The second kappa shape index (κ2) is 8.11. The van der Waals surface area contributed by atoms with Gasteiger partial charge in [0.2, 0.25) is 5.91 Å². The van der Waals surface area contributed by atoms with Gasteiger partial charge in [-0.1, -0.05) is 13.0 Å². The highest BCUT2D eigenvalue weighted by atomic mass is 16.2. The summed E-state index contributed by atoms with van der Waals surface area (Å²) in [4.78, 5) is 25.8. The molecule has 0 saturated carbocycles. The highest BCUT2D eigenvalue weighted by Crippen LogP contribution is 2.23. The molecule has 2 amide bonds. The molecule has 1 aliphatic rings. The van der Waals surface area contributed by atoms with Crippen LogP contribution in [0.3, 0.4) is 0 Å². The summed E-state index contributed by atoms with van der Waals surface area (Å²) in [5, 5.41) is 6.31. The highest BCUT2D eigenvalue weighted by molar-refractivity contribution is 5.97. The van der Waals surface area contributed by atoms with Gasteiger partial charge in [-0.3, -0.25) is 9.59 Å². The number of rotatable bonds is 5. The maximum absolute atomic E-state index is 12.3. The zero-order chi connectivity index (χ0) is 16.8. The van der Waals surface area contributed by atoms with Crippen molar-refractivity contribution in [3.8, 4) is 0 Å². The molecule has 1 saturated heterocycles. The third kappa shape index (κ3) is 5.06. The van der Waals surface area contributed by atoms with Crippen LogP contribution in [0.4, 0.5) is 5.69 Å². The number of hydrogen-bond donors (Lipinski definition) is 2. The minimum Gasteiger partial charge on any atom is -0.345 e. The Morgan fingerprint density at radius 3 is 2.83 bits per heavy atom. The van der Waals surface area contributed by atoms with Crippen molar-refractivity contribution >= 4 is 17.5 Å². The van der Waals surface area contributed by atoms with Crippen LogP contribution in [0, 0.1) is 11.8 Å². The fourth-order valence-corrected chi connectivity index (χ4v) is 3.02. The van der Waals surface area contributed by atoms with Crippen LogP contribution in [0.1, 0.15) is 36.5 Å². The van der Waals surface area contributed by atoms with Crippen LogP contribution < -0.4 is 10.6 Å². The Morgan fingerprint density at radius 1 is 1.39 bits per heavy atom. The molecule has 2 atom stereocenters. The Hall–Kier alpha value is -1.88. The van der Waals surface area contributed by atoms with Crippen LogP contribution in [-0.4, -0.2) is 43.9 Å². The van der Waals surface area contributed by atoms with Crippen molar-refractivity contribution in [2.24, 2.45) is 11.8 Å². The molecular formula is C18H27N3O2. The fourth-order valence-electron chi connectivity index (χ4n) is 3.02. The zero-order valence-corrected chi connectivity index (χ0v) is 14.3. The molecule has 0 spiro atoms. The van der Waals surface area contributed by atoms with Gasteiger partial charge in [-0.2, -0.15) is 0 Å². The molecule has 1 aromatic carbocycles. The van der Waals surface area contributed by atoms with Gasteiger partial charge in [-0.05, 0) is 56.0 Å². The van der Waals surface area contributed by atoms with E-state index in [1.54, 1.807) is 32.3 Å². The molecule has 126 valence electrons. The molecule has 5 heteroatoms. The lowest BCUT2D eigenvalue weighted by molar-refractivity contribution is -0.117. The molecule has 1 aromatic rings. The molecule has 0 aromatic heterocycles. The Kier molecular flexibility index (Phi) is 6.16. The second-order valence-electron chi connectivity index (χ2n) is 6.62. The number of piperidine rings is 1. The number of benzene rings is 1. The average molecular weight is 317 g/mol. The first-order valence-corrected chi connectivity index (χ1v) is 8.29. The Bertz CT molecular complexity index is 551. The van der Waals surface area contributed by atoms with E-state index < -0.39 is 0 Å². The quantitative estimate of drug-likeness (QED) is 0.876. The zero-order valence-electron chi connectivity index (χ0n) is 14.3. The molecule has 2 unspecified atom stereocenters. The molecule has 1 fully saturated rings. The molecule has 2 N–H and O–H groups in total. The summed E-state index contributed by atoms with van der Waals surface area (Å²) in [5.74, 6) is 0.866. The number of anilines is 1. The maximum atomic E-state index is 12.3. The van der Waals surface area contributed by atoms with Gasteiger partial charge in [0.25, 0.3) is 5.91 Å². The van der Waals surface area contributed by atoms with Gasteiger partial charge < -0.3 is 15.5 Å². The lowest BCUT2D eigenvalue weighted by Gasteiger charge is -2.28. The predicted molar refractivity (Wildman–Crippen MR) is 92.5 cm³/mol. The van der Waals surface area contributed by atoms with Gasteiger partial charge in [0, 0.05) is 31.8 Å². The number of hydrogen-bond acceptors (Lipinski definition) is 3. The minimum absolute atomic E-state index is 0.0116. The van der Waals surface area contributed by atoms with Crippen LogP contribution in [0.5, 0.6) is 0 Å². The predicted octanol–water partition coefficient (Wildman–Crippen LogP) is 2.35. The Morgan fingerprint density at radius 2 is 2.17 bits per heavy atom. The maximum Gasteiger partial charge on any atom is 0.253 e. The summed E-state index contributed by atoms with van der Waals surface area (Å²) in [5.41, 5.74) is 1.26. The van der Waals surface area contributed by atoms with Crippen molar-refractivity contribution in [3.05, 3.63) is 29.8 Å². The summed E-state index contributed by atoms with van der Waals surface area (Å²) in [6, 6.07) is 7.10. The first-order chi connectivity index (χ1) is 11.0. The molecule has 1 aliphatic heterocycles. The second-order valence-corrected chi connectivity index (χ2v) is 6.62. The van der Waals surface area contributed by atoms with Gasteiger partial charge in [0.15, 0.2) is 0 Å². The first kappa shape index (κ1) is 17.5. The van der Waals surface area contributed by atoms with E-state index in [0.717, 1.165) is 13.1 Å². The molecule has 0 radical (unpaired) electrons. The highest BCUT2D eigenvalue weighted by Gasteiger charge is 2.22. The van der Waals surface area contributed by atoms with Crippen LogP contribution in [0.15, 0.2) is 24.3 Å². The number of carbonyl (C=O) groups is 2. The number of nitrogens with zero attached hydrogens (tertiary/aromatic N) is 1. The average Bonchev–Trinajstić information content (AvgIpc) is 2.55. The van der Waals surface area contributed by atoms with E-state index in [1.165, 1.54) is 17.7 Å². The largest absolute Gasteiger partial charge is 0.345 e. The van der Waals surface area contributed by atoms with Crippen molar-refractivity contribution in [2.45, 2.75) is 26.2 Å². The molecule has 0 aliphatic carbocycles. The van der Waals surface area contributed by atoms with Crippen LogP contribution in [0.25, 0.3) is 0 Å². The number of nitrogens with one attached hydrogen (secondary N) is 2. The summed E-state index contributed by atoms with van der Waals surface area (Å²) in [7, 11) is 3.43. The summed E-state index contributed by atoms with van der Waals surface area (Å²) in [6.07, 6.45) is 2.89. The van der Waals surface area contributed by atoms with Gasteiger partial charge >= 0.3 is 0 Å². The number of amides is 2. The third-order valence-electron chi connectivity index (χ3n) is 4.45. The van der Waals surface area contributed by atoms with E-state index in [4.69, 9.17) is 0 Å². The van der Waals surface area contributed by atoms with E-state index in [1.807, 2.05) is 6.07 Å². The topological polar surface area (TPSA) is 61.4 Å². The lowest BCUT2D eigenvalue weighted by Crippen LogP contribution is -2.34. The van der Waals surface area contributed by atoms with Gasteiger partial charge in [0.1, 0.15) is 0 Å². The molecule has 5 nitrogen and oxygen atoms in total. The summed E-state index contributed by atoms with van der Waals surface area (Å²) >= 11 is 0. The van der Waals surface area contributed by atoms with E-state index in [0.29, 0.717) is 29.5 Å². The normalized spacial score (nSPS) is 19.0. The van der Waals surface area contributed by atoms with Crippen LogP contribution >= 0.6 is 0 Å². The van der Waals surface area contributed by atoms with Crippen molar-refractivity contribution in [1.29, 1.82) is 0 Å². The van der Waals surface area contributed by atoms with E-state index >= 15 is 0 Å². The molecule has 1 heterocycles. The lowest BCUT2D eigenvalue weighted by atomic mass is 9.85. The van der Waals surface area contributed by atoms with E-state index in [9.17, 15) is 9.59 Å². The summed E-state index contributed by atoms with van der Waals surface area (Å²) in [6.45, 7) is 4.23. The van der Waals surface area contributed by atoms with Gasteiger partial charge in [-0.15, -0.1) is 0 Å². The fraction of sp³-hybridized carbons (Fsp3) is 0.556. The molecule has 0 bridgehead atoms. The SMILES string of the molecule is CC(CC(=O)Nc1cccc(C(=O)N(C)C)c1)C1CCCNC1. The smallest absolute Gasteiger partial charge is 0.253 e. The van der Waals surface area contributed by atoms with E-state index in [-0.39, 0.29) is 11.8 Å². The van der Waals surface area contributed by atoms with Crippen molar-refractivity contribution in [3.63, 3.8) is 0 Å².